The van der Waals surface area contributed by atoms with Crippen LogP contribution >= 0.6 is 15.9 Å². The summed E-state index contributed by atoms with van der Waals surface area (Å²) in [6.07, 6.45) is 8.11. The molecule has 0 heterocycles. The van der Waals surface area contributed by atoms with Crippen molar-refractivity contribution < 1.29 is 14.3 Å². The van der Waals surface area contributed by atoms with Gasteiger partial charge in [-0.3, -0.25) is 9.59 Å². The number of carbonyl (C=O) groups is 2. The number of ether oxygens (including phenoxy) is 1. The van der Waals surface area contributed by atoms with E-state index in [9.17, 15) is 9.59 Å². The number of rotatable bonds is 9. The van der Waals surface area contributed by atoms with Crippen LogP contribution in [0.15, 0.2) is 34.4 Å². The second-order valence-electron chi connectivity index (χ2n) is 11.0. The fourth-order valence-corrected chi connectivity index (χ4v) is 5.00. The van der Waals surface area contributed by atoms with E-state index in [1.54, 1.807) is 0 Å². The fraction of sp³-hybridized carbons (Fsp3) is 0.704. The van der Waals surface area contributed by atoms with Crippen molar-refractivity contribution in [2.24, 2.45) is 21.7 Å². The summed E-state index contributed by atoms with van der Waals surface area (Å²) >= 11 is 3.31. The summed E-state index contributed by atoms with van der Waals surface area (Å²) in [5.74, 6) is -0.0878. The van der Waals surface area contributed by atoms with Gasteiger partial charge in [-0.1, -0.05) is 110 Å². The SMILES string of the molecule is C=C(Br)COC(=O)C(CCC)(CCC)C1(CC)C=C(C(C)(C)C)C(=O)C(C(C)(C)C)=C1. The lowest BCUT2D eigenvalue weighted by Gasteiger charge is -2.49. The monoisotopic (exact) mass is 494 g/mol. The van der Waals surface area contributed by atoms with E-state index in [2.05, 4.69) is 97.0 Å². The molecule has 1 rings (SSSR count). The van der Waals surface area contributed by atoms with E-state index in [-0.39, 0.29) is 29.2 Å². The molecule has 0 amide bonds. The molecule has 0 spiro atoms. The normalized spacial score (nSPS) is 17.2. The summed E-state index contributed by atoms with van der Waals surface area (Å²) in [6.45, 7) is 22.8. The molecule has 1 aliphatic carbocycles. The van der Waals surface area contributed by atoms with Crippen LogP contribution in [-0.4, -0.2) is 18.4 Å². The summed E-state index contributed by atoms with van der Waals surface area (Å²) in [6, 6.07) is 0. The Balaban J connectivity index is 3.96. The van der Waals surface area contributed by atoms with Crippen LogP contribution in [-0.2, 0) is 14.3 Å². The minimum Gasteiger partial charge on any atom is -0.460 e. The van der Waals surface area contributed by atoms with Crippen molar-refractivity contribution in [3.63, 3.8) is 0 Å². The topological polar surface area (TPSA) is 43.4 Å². The molecule has 0 aromatic carbocycles. The first-order valence-electron chi connectivity index (χ1n) is 11.6. The average molecular weight is 496 g/mol. The van der Waals surface area contributed by atoms with Gasteiger partial charge in [0, 0.05) is 21.0 Å². The number of hydrogen-bond acceptors (Lipinski definition) is 3. The summed E-state index contributed by atoms with van der Waals surface area (Å²) in [5, 5.41) is 0. The van der Waals surface area contributed by atoms with Crippen LogP contribution in [0.25, 0.3) is 0 Å². The molecule has 176 valence electrons. The zero-order chi connectivity index (χ0) is 24.3. The van der Waals surface area contributed by atoms with Crippen molar-refractivity contribution in [3.05, 3.63) is 34.4 Å². The van der Waals surface area contributed by atoms with E-state index in [0.717, 1.165) is 30.4 Å². The van der Waals surface area contributed by atoms with Gasteiger partial charge in [-0.05, 0) is 30.1 Å². The Bertz CT molecular complexity index is 716. The van der Waals surface area contributed by atoms with E-state index in [4.69, 9.17) is 4.74 Å². The molecule has 3 nitrogen and oxygen atoms in total. The van der Waals surface area contributed by atoms with Gasteiger partial charge in [0.1, 0.15) is 6.61 Å². The largest absolute Gasteiger partial charge is 0.460 e. The van der Waals surface area contributed by atoms with Crippen LogP contribution in [0.3, 0.4) is 0 Å². The molecule has 0 aromatic rings. The first kappa shape index (κ1) is 27.9. The highest BCUT2D eigenvalue weighted by atomic mass is 79.9. The Kier molecular flexibility index (Phi) is 9.16. The molecule has 0 bridgehead atoms. The van der Waals surface area contributed by atoms with E-state index in [1.807, 2.05) is 0 Å². The molecule has 4 heteroatoms. The lowest BCUT2D eigenvalue weighted by molar-refractivity contribution is -0.162. The lowest BCUT2D eigenvalue weighted by atomic mass is 9.53. The van der Waals surface area contributed by atoms with Gasteiger partial charge in [0.05, 0.1) is 5.41 Å². The van der Waals surface area contributed by atoms with E-state index >= 15 is 0 Å². The zero-order valence-corrected chi connectivity index (χ0v) is 22.8. The zero-order valence-electron chi connectivity index (χ0n) is 21.2. The highest BCUT2D eigenvalue weighted by molar-refractivity contribution is 9.11. The summed E-state index contributed by atoms with van der Waals surface area (Å²) in [5.41, 5.74) is -0.349. The molecule has 0 aliphatic heterocycles. The van der Waals surface area contributed by atoms with Gasteiger partial charge in [0.25, 0.3) is 0 Å². The Hall–Kier alpha value is -1.16. The fourth-order valence-electron chi connectivity index (χ4n) is 4.89. The van der Waals surface area contributed by atoms with Crippen LogP contribution in [0.1, 0.15) is 94.4 Å². The first-order valence-corrected chi connectivity index (χ1v) is 12.4. The molecule has 1 aliphatic rings. The summed E-state index contributed by atoms with van der Waals surface area (Å²) < 4.78 is 6.44. The third-order valence-corrected chi connectivity index (χ3v) is 6.72. The molecular formula is C27H43BrO3. The first-order chi connectivity index (χ1) is 14.1. The second-order valence-corrected chi connectivity index (χ2v) is 12.1. The quantitative estimate of drug-likeness (QED) is 0.305. The number of esters is 1. The smallest absolute Gasteiger partial charge is 0.313 e. The third-order valence-electron chi connectivity index (χ3n) is 6.49. The van der Waals surface area contributed by atoms with Crippen LogP contribution < -0.4 is 0 Å². The van der Waals surface area contributed by atoms with Gasteiger partial charge >= 0.3 is 5.97 Å². The van der Waals surface area contributed by atoms with Gasteiger partial charge in [-0.25, -0.2) is 0 Å². The van der Waals surface area contributed by atoms with Crippen molar-refractivity contribution in [2.45, 2.75) is 94.4 Å². The third kappa shape index (κ3) is 5.80. The van der Waals surface area contributed by atoms with Gasteiger partial charge in [-0.15, -0.1) is 0 Å². The Morgan fingerprint density at radius 3 is 1.68 bits per heavy atom. The number of hydrogen-bond donors (Lipinski definition) is 0. The highest BCUT2D eigenvalue weighted by Gasteiger charge is 2.56. The van der Waals surface area contributed by atoms with E-state index in [1.165, 1.54) is 0 Å². The van der Waals surface area contributed by atoms with Crippen molar-refractivity contribution in [1.82, 2.24) is 0 Å². The molecule has 0 atom stereocenters. The van der Waals surface area contributed by atoms with Crippen molar-refractivity contribution >= 4 is 27.7 Å². The second kappa shape index (κ2) is 10.2. The molecule has 0 unspecified atom stereocenters. The molecule has 0 saturated heterocycles. The van der Waals surface area contributed by atoms with Crippen LogP contribution in [0.2, 0.25) is 0 Å². The van der Waals surface area contributed by atoms with Crippen molar-refractivity contribution in [2.75, 3.05) is 6.61 Å². The summed E-state index contributed by atoms with van der Waals surface area (Å²) in [7, 11) is 0. The molecule has 0 saturated carbocycles. The number of carbonyl (C=O) groups excluding carboxylic acids is 2. The maximum absolute atomic E-state index is 13.8. The standard InChI is InChI=1S/C27H43BrO3/c1-11-14-27(15-12-2,23(30)31-18-19(4)28)26(13-3)16-20(24(5,6)7)22(29)21(17-26)25(8,9)10/h16-17H,4,11-15,18H2,1-3,5-10H3. The minimum atomic E-state index is -0.735. The predicted molar refractivity (Wildman–Crippen MR) is 134 cm³/mol. The Labute approximate surface area is 198 Å². The summed E-state index contributed by atoms with van der Waals surface area (Å²) in [4.78, 5) is 27.4. The van der Waals surface area contributed by atoms with E-state index in [0.29, 0.717) is 17.3 Å². The van der Waals surface area contributed by atoms with Crippen LogP contribution in [0.5, 0.6) is 0 Å². The van der Waals surface area contributed by atoms with Crippen molar-refractivity contribution in [3.8, 4) is 0 Å². The Morgan fingerprint density at radius 2 is 1.39 bits per heavy atom. The van der Waals surface area contributed by atoms with Gasteiger partial charge in [0.15, 0.2) is 5.78 Å². The number of halogens is 1. The minimum absolute atomic E-state index is 0.105. The predicted octanol–water partition coefficient (Wildman–Crippen LogP) is 7.95. The maximum atomic E-state index is 13.8. The van der Waals surface area contributed by atoms with Crippen LogP contribution in [0.4, 0.5) is 0 Å². The van der Waals surface area contributed by atoms with Gasteiger partial charge in [0.2, 0.25) is 0 Å². The number of Topliss-reactive ketones (excluding diaryl/α,β-unsaturated/α-hetero) is 1. The molecule has 0 fully saturated rings. The molecular weight excluding hydrogens is 452 g/mol. The molecule has 0 N–H and O–H groups in total. The van der Waals surface area contributed by atoms with Gasteiger partial charge in [-0.2, -0.15) is 0 Å². The van der Waals surface area contributed by atoms with Crippen molar-refractivity contribution in [1.29, 1.82) is 0 Å². The molecule has 31 heavy (non-hydrogen) atoms. The number of allylic oxidation sites excluding steroid dienone is 4. The highest BCUT2D eigenvalue weighted by Crippen LogP contribution is 2.57. The lowest BCUT2D eigenvalue weighted by Crippen LogP contribution is -2.49. The Morgan fingerprint density at radius 1 is 0.968 bits per heavy atom. The van der Waals surface area contributed by atoms with Gasteiger partial charge < -0.3 is 4.74 Å². The maximum Gasteiger partial charge on any atom is 0.313 e. The van der Waals surface area contributed by atoms with Crippen LogP contribution in [0, 0.1) is 21.7 Å². The number of ketones is 1. The molecule has 0 radical (unpaired) electrons. The average Bonchev–Trinajstić information content (AvgIpc) is 2.64. The van der Waals surface area contributed by atoms with E-state index < -0.39 is 10.8 Å². The molecule has 0 aromatic heterocycles.